The van der Waals surface area contributed by atoms with E-state index >= 15 is 0 Å². The third kappa shape index (κ3) is 3.91. The molecule has 1 aromatic carbocycles. The zero-order chi connectivity index (χ0) is 23.1. The van der Waals surface area contributed by atoms with E-state index in [1.807, 2.05) is 29.7 Å². The molecule has 1 aliphatic rings. The molecule has 10 heteroatoms. The summed E-state index contributed by atoms with van der Waals surface area (Å²) in [5.41, 5.74) is 10.0. The Labute approximate surface area is 190 Å². The number of carbonyl (C=O) groups excluding carboxylic acids is 1. The van der Waals surface area contributed by atoms with Gasteiger partial charge in [0.1, 0.15) is 17.7 Å². The van der Waals surface area contributed by atoms with Gasteiger partial charge in [0.2, 0.25) is 5.91 Å². The second-order valence-corrected chi connectivity index (χ2v) is 8.82. The van der Waals surface area contributed by atoms with Gasteiger partial charge in [0.15, 0.2) is 11.5 Å². The topological polar surface area (TPSA) is 139 Å². The number of hydrogen-bond donors (Lipinski definition) is 3. The Hall–Kier alpha value is -3.53. The molecule has 0 unspecified atom stereocenters. The summed E-state index contributed by atoms with van der Waals surface area (Å²) in [4.78, 5) is 35.0. The van der Waals surface area contributed by atoms with Crippen molar-refractivity contribution in [2.45, 2.75) is 57.2 Å². The molecule has 4 N–H and O–H groups in total. The molecule has 0 bridgehead atoms. The number of fused-ring (bicyclic) bond motifs is 2. The van der Waals surface area contributed by atoms with Crippen molar-refractivity contribution in [3.63, 3.8) is 0 Å². The molecule has 3 heterocycles. The number of nitrogens with one attached hydrogen (secondary N) is 1. The van der Waals surface area contributed by atoms with Crippen molar-refractivity contribution >= 4 is 33.9 Å². The lowest BCUT2D eigenvalue weighted by Crippen LogP contribution is -2.50. The minimum absolute atomic E-state index is 0.0163. The summed E-state index contributed by atoms with van der Waals surface area (Å²) >= 11 is 0. The van der Waals surface area contributed by atoms with E-state index < -0.39 is 6.10 Å². The van der Waals surface area contributed by atoms with E-state index in [1.165, 1.54) is 6.33 Å². The number of aliphatic hydroxyl groups excluding tert-OH is 1. The highest BCUT2D eigenvalue weighted by Gasteiger charge is 2.37. The van der Waals surface area contributed by atoms with Crippen molar-refractivity contribution in [2.24, 2.45) is 0 Å². The standard InChI is InChI=1S/C23H28N8O2/c1-13-28-15-8-6-14(10-16(15)29-13)7-9-19(32)30(2)17-4-3-5-18(21(17)33)31-12-27-20-22(24)25-11-26-23(20)31/h6,8,10-12,17-18,21,33H,3-5,7,9H2,1-2H3,(H,28,29)(H2,24,25,26)/t17-,18-,21-/m0/s1. The quantitative estimate of drug-likeness (QED) is 0.425. The van der Waals surface area contributed by atoms with Crippen LogP contribution in [0.25, 0.3) is 22.2 Å². The lowest BCUT2D eigenvalue weighted by Gasteiger charge is -2.40. The molecule has 33 heavy (non-hydrogen) atoms. The summed E-state index contributed by atoms with van der Waals surface area (Å²) in [6.45, 7) is 1.93. The first-order valence-electron chi connectivity index (χ1n) is 11.2. The van der Waals surface area contributed by atoms with Gasteiger partial charge in [-0.15, -0.1) is 0 Å². The van der Waals surface area contributed by atoms with Crippen LogP contribution in [0.4, 0.5) is 5.82 Å². The van der Waals surface area contributed by atoms with E-state index in [2.05, 4.69) is 24.9 Å². The zero-order valence-electron chi connectivity index (χ0n) is 18.8. The summed E-state index contributed by atoms with van der Waals surface area (Å²) in [7, 11) is 1.78. The molecule has 3 aromatic heterocycles. The molecule has 1 fully saturated rings. The van der Waals surface area contributed by atoms with Crippen LogP contribution in [-0.4, -0.2) is 64.6 Å². The first-order valence-corrected chi connectivity index (χ1v) is 11.2. The molecule has 1 aliphatic carbocycles. The number of rotatable bonds is 5. The molecule has 0 aliphatic heterocycles. The Kier molecular flexibility index (Phi) is 5.45. The summed E-state index contributed by atoms with van der Waals surface area (Å²) in [6, 6.07) is 5.53. The van der Waals surface area contributed by atoms with E-state index in [1.54, 1.807) is 18.3 Å². The van der Waals surface area contributed by atoms with Crippen molar-refractivity contribution in [2.75, 3.05) is 12.8 Å². The number of H-pyrrole nitrogens is 1. The van der Waals surface area contributed by atoms with Crippen LogP contribution in [-0.2, 0) is 11.2 Å². The molecule has 172 valence electrons. The normalized spacial score (nSPS) is 21.0. The number of amides is 1. The van der Waals surface area contributed by atoms with Gasteiger partial charge in [0.05, 0.1) is 35.5 Å². The first kappa shape index (κ1) is 21.3. The SMILES string of the molecule is Cc1nc2ccc(CCC(=O)N(C)[C@H]3CCC[C@H](n4cnc5c(N)ncnc54)[C@H]3O)cc2[nH]1. The van der Waals surface area contributed by atoms with Gasteiger partial charge in [-0.25, -0.2) is 19.9 Å². The smallest absolute Gasteiger partial charge is 0.222 e. The van der Waals surface area contributed by atoms with Crippen LogP contribution in [0.2, 0.25) is 0 Å². The largest absolute Gasteiger partial charge is 0.389 e. The van der Waals surface area contributed by atoms with E-state index in [0.717, 1.165) is 41.7 Å². The molecule has 0 saturated heterocycles. The molecular formula is C23H28N8O2. The van der Waals surface area contributed by atoms with Gasteiger partial charge < -0.3 is 25.3 Å². The highest BCUT2D eigenvalue weighted by Crippen LogP contribution is 2.34. The molecule has 5 rings (SSSR count). The molecule has 4 aromatic rings. The number of nitrogen functional groups attached to an aromatic ring is 1. The third-order valence-corrected chi connectivity index (χ3v) is 6.72. The Morgan fingerprint density at radius 3 is 3.00 bits per heavy atom. The minimum atomic E-state index is -0.731. The summed E-state index contributed by atoms with van der Waals surface area (Å²) in [5.74, 6) is 1.21. The number of nitrogens with two attached hydrogens (primary N) is 1. The summed E-state index contributed by atoms with van der Waals surface area (Å²) in [5, 5.41) is 11.2. The number of aryl methyl sites for hydroxylation is 2. The summed E-state index contributed by atoms with van der Waals surface area (Å²) in [6.07, 6.45) is 5.75. The average molecular weight is 449 g/mol. The zero-order valence-corrected chi connectivity index (χ0v) is 18.8. The monoisotopic (exact) mass is 448 g/mol. The van der Waals surface area contributed by atoms with Gasteiger partial charge in [-0.1, -0.05) is 6.07 Å². The van der Waals surface area contributed by atoms with Crippen LogP contribution in [0.15, 0.2) is 30.9 Å². The van der Waals surface area contributed by atoms with Crippen LogP contribution < -0.4 is 5.73 Å². The number of benzene rings is 1. The van der Waals surface area contributed by atoms with Gasteiger partial charge in [0, 0.05) is 13.5 Å². The van der Waals surface area contributed by atoms with E-state index in [4.69, 9.17) is 5.73 Å². The number of likely N-dealkylation sites (N-methyl/N-ethyl adjacent to an activating group) is 1. The maximum Gasteiger partial charge on any atom is 0.222 e. The second kappa shape index (κ2) is 8.43. The van der Waals surface area contributed by atoms with Crippen LogP contribution in [0.3, 0.4) is 0 Å². The fourth-order valence-electron chi connectivity index (χ4n) is 4.93. The molecule has 3 atom stereocenters. The number of aromatic nitrogens is 6. The highest BCUT2D eigenvalue weighted by atomic mass is 16.3. The van der Waals surface area contributed by atoms with Crippen molar-refractivity contribution in [3.05, 3.63) is 42.2 Å². The predicted molar refractivity (Wildman–Crippen MR) is 124 cm³/mol. The van der Waals surface area contributed by atoms with Crippen molar-refractivity contribution in [1.29, 1.82) is 0 Å². The maximum absolute atomic E-state index is 13.0. The number of carbonyl (C=O) groups is 1. The van der Waals surface area contributed by atoms with Crippen LogP contribution in [0, 0.1) is 6.92 Å². The number of hydrogen-bond acceptors (Lipinski definition) is 7. The third-order valence-electron chi connectivity index (χ3n) is 6.72. The van der Waals surface area contributed by atoms with E-state index in [-0.39, 0.29) is 18.0 Å². The Balaban J connectivity index is 1.28. The molecule has 1 amide bonds. The van der Waals surface area contributed by atoms with Crippen LogP contribution >= 0.6 is 0 Å². The molecular weight excluding hydrogens is 420 g/mol. The van der Waals surface area contributed by atoms with Gasteiger partial charge >= 0.3 is 0 Å². The van der Waals surface area contributed by atoms with Gasteiger partial charge in [-0.05, 0) is 50.3 Å². The van der Waals surface area contributed by atoms with Crippen molar-refractivity contribution in [3.8, 4) is 0 Å². The van der Waals surface area contributed by atoms with E-state index in [0.29, 0.717) is 29.8 Å². The van der Waals surface area contributed by atoms with Crippen LogP contribution in [0.1, 0.15) is 43.1 Å². The number of aliphatic hydroxyl groups is 1. The average Bonchev–Trinajstić information content (AvgIpc) is 3.40. The number of imidazole rings is 2. The lowest BCUT2D eigenvalue weighted by atomic mass is 9.87. The maximum atomic E-state index is 13.0. The van der Waals surface area contributed by atoms with Crippen molar-refractivity contribution < 1.29 is 9.90 Å². The van der Waals surface area contributed by atoms with Crippen LogP contribution in [0.5, 0.6) is 0 Å². The molecule has 0 spiro atoms. The number of nitrogens with zero attached hydrogens (tertiary/aromatic N) is 6. The van der Waals surface area contributed by atoms with Gasteiger partial charge in [-0.2, -0.15) is 0 Å². The highest BCUT2D eigenvalue weighted by molar-refractivity contribution is 5.81. The van der Waals surface area contributed by atoms with Gasteiger partial charge in [0.25, 0.3) is 0 Å². The summed E-state index contributed by atoms with van der Waals surface area (Å²) < 4.78 is 1.87. The second-order valence-electron chi connectivity index (χ2n) is 8.82. The molecule has 1 saturated carbocycles. The van der Waals surface area contributed by atoms with E-state index in [9.17, 15) is 9.90 Å². The first-order chi connectivity index (χ1) is 15.9. The lowest BCUT2D eigenvalue weighted by molar-refractivity contribution is -0.136. The predicted octanol–water partition coefficient (Wildman–Crippen LogP) is 2.14. The van der Waals surface area contributed by atoms with Crippen molar-refractivity contribution in [1.82, 2.24) is 34.4 Å². The fraction of sp³-hybridized carbons (Fsp3) is 0.435. The number of aromatic amines is 1. The van der Waals surface area contributed by atoms with Gasteiger partial charge in [-0.3, -0.25) is 4.79 Å². The Bertz CT molecular complexity index is 1310. The fourth-order valence-corrected chi connectivity index (χ4v) is 4.93. The molecule has 10 nitrogen and oxygen atoms in total. The number of anilines is 1. The Morgan fingerprint density at radius 1 is 1.30 bits per heavy atom. The molecule has 0 radical (unpaired) electrons. The Morgan fingerprint density at radius 2 is 2.15 bits per heavy atom. The minimum Gasteiger partial charge on any atom is -0.389 e.